The van der Waals surface area contributed by atoms with Crippen LogP contribution in [0.4, 0.5) is 5.69 Å². The minimum absolute atomic E-state index is 0.0260. The van der Waals surface area contributed by atoms with Crippen LogP contribution in [0.2, 0.25) is 10.0 Å². The van der Waals surface area contributed by atoms with Crippen molar-refractivity contribution >= 4 is 69.8 Å². The quantitative estimate of drug-likeness (QED) is 0.103. The van der Waals surface area contributed by atoms with Crippen molar-refractivity contribution in [2.45, 2.75) is 37.6 Å². The Morgan fingerprint density at radius 2 is 1.57 bits per heavy atom. The number of halogens is 4. The summed E-state index contributed by atoms with van der Waals surface area (Å²) in [5.74, 6) is -1.07. The van der Waals surface area contributed by atoms with Crippen LogP contribution in [0.1, 0.15) is 47.9 Å². The molecule has 4 aromatic rings. The third kappa shape index (κ3) is 7.69. The van der Waals surface area contributed by atoms with E-state index in [1.165, 1.54) is 35.4 Å². The topological polar surface area (TPSA) is 103 Å². The van der Waals surface area contributed by atoms with Gasteiger partial charge >= 0.3 is 5.97 Å². The summed E-state index contributed by atoms with van der Waals surface area (Å²) < 4.78 is 10.9. The van der Waals surface area contributed by atoms with Gasteiger partial charge in [-0.2, -0.15) is 0 Å². The molecule has 0 unspecified atom stereocenters. The van der Waals surface area contributed by atoms with Gasteiger partial charge in [-0.1, -0.05) is 69.8 Å². The van der Waals surface area contributed by atoms with Crippen LogP contribution in [0.25, 0.3) is 22.7 Å². The number of alkyl halides is 2. The number of carbonyl (C=O) groups is 3. The molecule has 218 valence electrons. The molecule has 0 saturated heterocycles. The molecular weight excluding hydrogens is 624 g/mol. The van der Waals surface area contributed by atoms with Gasteiger partial charge in [0, 0.05) is 42.0 Å². The SMILES string of the molecule is CC(C)(C)OC(=O)c1ccc(C(=O)CCN(C(=O)C(Cl)Cl)c2ccnc(-c3cc(-c4c(Cl)cccc4Cl)no3)c2)cc1. The Morgan fingerprint density at radius 3 is 2.19 bits per heavy atom. The lowest BCUT2D eigenvalue weighted by Gasteiger charge is -2.23. The number of Topliss-reactive ketones (excluding diaryl/α,β-unsaturated/α-hetero) is 1. The Morgan fingerprint density at radius 1 is 0.929 bits per heavy atom. The second kappa shape index (κ2) is 13.3. The Hall–Kier alpha value is -3.43. The van der Waals surface area contributed by atoms with E-state index in [0.29, 0.717) is 49.6 Å². The van der Waals surface area contributed by atoms with E-state index in [4.69, 9.17) is 55.7 Å². The third-order valence-corrected chi connectivity index (χ3v) is 6.90. The van der Waals surface area contributed by atoms with E-state index in [9.17, 15) is 14.4 Å². The molecule has 2 heterocycles. The number of ether oxygens (including phenoxy) is 1. The molecule has 8 nitrogen and oxygen atoms in total. The molecule has 0 spiro atoms. The molecule has 2 aromatic carbocycles. The van der Waals surface area contributed by atoms with Crippen molar-refractivity contribution in [2.75, 3.05) is 11.4 Å². The summed E-state index contributed by atoms with van der Waals surface area (Å²) in [6.07, 6.45) is 1.43. The van der Waals surface area contributed by atoms with Crippen LogP contribution in [0.5, 0.6) is 0 Å². The fourth-order valence-corrected chi connectivity index (χ4v) is 4.78. The van der Waals surface area contributed by atoms with Gasteiger partial charge in [0.05, 0.1) is 15.6 Å². The molecule has 0 aliphatic heterocycles. The maximum Gasteiger partial charge on any atom is 0.338 e. The number of carbonyl (C=O) groups excluding carboxylic acids is 3. The van der Waals surface area contributed by atoms with E-state index < -0.39 is 22.3 Å². The maximum atomic E-state index is 13.0. The number of anilines is 1. The number of nitrogens with zero attached hydrogens (tertiary/aromatic N) is 3. The van der Waals surface area contributed by atoms with Crippen LogP contribution < -0.4 is 4.90 Å². The number of hydrogen-bond donors (Lipinski definition) is 0. The Bertz CT molecular complexity index is 1590. The standard InChI is InChI=1S/C30H25Cl4N3O5/c1-30(2,3)41-29(40)18-9-7-17(8-10-18)24(38)12-14-37(28(39)27(33)34)19-11-13-35-22(15-19)25-16-23(36-42-25)26-20(31)5-4-6-21(26)32/h4-11,13,15-16,27H,12,14H2,1-3H3. The van der Waals surface area contributed by atoms with Crippen LogP contribution >= 0.6 is 46.4 Å². The van der Waals surface area contributed by atoms with E-state index in [2.05, 4.69) is 10.1 Å². The van der Waals surface area contributed by atoms with Crippen molar-refractivity contribution in [2.24, 2.45) is 0 Å². The molecule has 0 bridgehead atoms. The van der Waals surface area contributed by atoms with E-state index in [1.54, 1.807) is 57.2 Å². The van der Waals surface area contributed by atoms with Crippen LogP contribution in [0, 0.1) is 0 Å². The number of pyridine rings is 1. The monoisotopic (exact) mass is 647 g/mol. The van der Waals surface area contributed by atoms with Crippen molar-refractivity contribution in [1.29, 1.82) is 0 Å². The number of hydrogen-bond acceptors (Lipinski definition) is 7. The van der Waals surface area contributed by atoms with Gasteiger partial charge in [-0.15, -0.1) is 0 Å². The number of ketones is 1. The van der Waals surface area contributed by atoms with Crippen LogP contribution in [0.3, 0.4) is 0 Å². The van der Waals surface area contributed by atoms with Gasteiger partial charge in [0.2, 0.25) is 0 Å². The first kappa shape index (κ1) is 31.5. The lowest BCUT2D eigenvalue weighted by molar-refractivity contribution is -0.117. The van der Waals surface area contributed by atoms with Crippen LogP contribution in [-0.2, 0) is 9.53 Å². The van der Waals surface area contributed by atoms with E-state index in [1.807, 2.05) is 0 Å². The second-order valence-electron chi connectivity index (χ2n) is 10.1. The van der Waals surface area contributed by atoms with Crippen molar-refractivity contribution in [3.8, 4) is 22.7 Å². The van der Waals surface area contributed by atoms with Gasteiger partial charge in [-0.3, -0.25) is 14.6 Å². The number of rotatable bonds is 9. The molecular formula is C30H25Cl4N3O5. The summed E-state index contributed by atoms with van der Waals surface area (Å²) in [5, 5.41) is 4.88. The largest absolute Gasteiger partial charge is 0.456 e. The zero-order valence-corrected chi connectivity index (χ0v) is 25.8. The zero-order valence-electron chi connectivity index (χ0n) is 22.7. The Kier molecular flexibility index (Phi) is 9.94. The third-order valence-electron chi connectivity index (χ3n) is 5.89. The molecule has 42 heavy (non-hydrogen) atoms. The van der Waals surface area contributed by atoms with E-state index in [0.717, 1.165) is 0 Å². The normalized spacial score (nSPS) is 11.4. The minimum atomic E-state index is -1.37. The number of amides is 1. The highest BCUT2D eigenvalue weighted by molar-refractivity contribution is 6.54. The molecule has 4 rings (SSSR count). The van der Waals surface area contributed by atoms with Gasteiger partial charge in [0.1, 0.15) is 17.0 Å². The summed E-state index contributed by atoms with van der Waals surface area (Å²) in [6, 6.07) is 16.0. The zero-order chi connectivity index (χ0) is 30.6. The summed E-state index contributed by atoms with van der Waals surface area (Å²) in [5.41, 5.74) is 1.71. The van der Waals surface area contributed by atoms with E-state index >= 15 is 0 Å². The van der Waals surface area contributed by atoms with E-state index in [-0.39, 0.29) is 18.7 Å². The smallest absolute Gasteiger partial charge is 0.338 e. The average Bonchev–Trinajstić information content (AvgIpc) is 3.42. The molecule has 12 heteroatoms. The first-order valence-corrected chi connectivity index (χ1v) is 14.3. The first-order chi connectivity index (χ1) is 19.8. The first-order valence-electron chi connectivity index (χ1n) is 12.7. The van der Waals surface area contributed by atoms with Crippen molar-refractivity contribution < 1.29 is 23.6 Å². The van der Waals surface area contributed by atoms with Gasteiger partial charge in [-0.05, 0) is 57.2 Å². The van der Waals surface area contributed by atoms with Gasteiger partial charge in [0.15, 0.2) is 16.4 Å². The summed E-state index contributed by atoms with van der Waals surface area (Å²) in [6.45, 7) is 5.29. The lowest BCUT2D eigenvalue weighted by atomic mass is 10.1. The fraction of sp³-hybridized carbons (Fsp3) is 0.233. The molecule has 0 radical (unpaired) electrons. The molecule has 0 N–H and O–H groups in total. The Balaban J connectivity index is 1.53. The van der Waals surface area contributed by atoms with Crippen molar-refractivity contribution in [1.82, 2.24) is 10.1 Å². The molecule has 1 amide bonds. The van der Waals surface area contributed by atoms with Crippen LogP contribution in [-0.4, -0.2) is 44.8 Å². The fourth-order valence-electron chi connectivity index (χ4n) is 3.95. The number of benzene rings is 2. The highest BCUT2D eigenvalue weighted by atomic mass is 35.5. The van der Waals surface area contributed by atoms with Crippen molar-refractivity contribution in [3.63, 3.8) is 0 Å². The predicted octanol–water partition coefficient (Wildman–Crippen LogP) is 8.08. The minimum Gasteiger partial charge on any atom is -0.456 e. The van der Waals surface area contributed by atoms with Gasteiger partial charge < -0.3 is 14.2 Å². The Labute approximate surface area is 262 Å². The average molecular weight is 649 g/mol. The summed E-state index contributed by atoms with van der Waals surface area (Å²) in [7, 11) is 0. The summed E-state index contributed by atoms with van der Waals surface area (Å²) >= 11 is 24.5. The summed E-state index contributed by atoms with van der Waals surface area (Å²) in [4.78, 5) is 42.5. The molecule has 0 aliphatic carbocycles. The molecule has 0 fully saturated rings. The molecule has 0 aliphatic rings. The van der Waals surface area contributed by atoms with Crippen LogP contribution in [0.15, 0.2) is 71.4 Å². The lowest BCUT2D eigenvalue weighted by Crippen LogP contribution is -2.36. The number of esters is 1. The molecule has 0 atom stereocenters. The molecule has 2 aromatic heterocycles. The maximum absolute atomic E-state index is 13.0. The van der Waals surface area contributed by atoms with Crippen molar-refractivity contribution in [3.05, 3.63) is 88.0 Å². The second-order valence-corrected chi connectivity index (χ2v) is 12.0. The highest BCUT2D eigenvalue weighted by Crippen LogP contribution is 2.36. The van der Waals surface area contributed by atoms with Gasteiger partial charge in [0.25, 0.3) is 5.91 Å². The van der Waals surface area contributed by atoms with Gasteiger partial charge in [-0.25, -0.2) is 4.79 Å². The predicted molar refractivity (Wildman–Crippen MR) is 164 cm³/mol. The highest BCUT2D eigenvalue weighted by Gasteiger charge is 2.25. The number of aromatic nitrogens is 2. The molecule has 0 saturated carbocycles.